The van der Waals surface area contributed by atoms with Crippen molar-refractivity contribution >= 4 is 0 Å². The normalized spacial score (nSPS) is 20.6. The van der Waals surface area contributed by atoms with E-state index in [1.165, 1.54) is 16.7 Å². The van der Waals surface area contributed by atoms with Crippen LogP contribution in [-0.2, 0) is 12.8 Å². The Morgan fingerprint density at radius 3 is 1.93 bits per heavy atom. The number of hydrogen-bond acceptors (Lipinski definition) is 6. The van der Waals surface area contributed by atoms with Gasteiger partial charge in [0.2, 0.25) is 0 Å². The zero-order valence-electron chi connectivity index (χ0n) is 16.8. The number of fused-ring (bicyclic) bond motifs is 4. The van der Waals surface area contributed by atoms with Crippen molar-refractivity contribution in [1.29, 1.82) is 0 Å². The van der Waals surface area contributed by atoms with E-state index in [0.717, 1.165) is 42.2 Å². The van der Waals surface area contributed by atoms with E-state index in [9.17, 15) is 5.11 Å². The molecular weight excluding hydrogens is 358 g/mol. The highest BCUT2D eigenvalue weighted by Gasteiger charge is 2.39. The van der Waals surface area contributed by atoms with Crippen LogP contribution >= 0.6 is 0 Å². The summed E-state index contributed by atoms with van der Waals surface area (Å²) < 4.78 is 22.0. The van der Waals surface area contributed by atoms with Gasteiger partial charge in [-0.2, -0.15) is 0 Å². The van der Waals surface area contributed by atoms with E-state index in [2.05, 4.69) is 17.0 Å². The van der Waals surface area contributed by atoms with Crippen molar-refractivity contribution in [2.45, 2.75) is 24.9 Å². The lowest BCUT2D eigenvalue weighted by Gasteiger charge is -2.46. The number of hydrogen-bond donors (Lipinski definition) is 1. The molecule has 2 aromatic carbocycles. The molecule has 2 atom stereocenters. The fourth-order valence-electron chi connectivity index (χ4n) is 4.66. The van der Waals surface area contributed by atoms with Crippen LogP contribution < -0.4 is 18.9 Å². The summed E-state index contributed by atoms with van der Waals surface area (Å²) >= 11 is 0. The topological polar surface area (TPSA) is 60.4 Å². The van der Waals surface area contributed by atoms with Gasteiger partial charge >= 0.3 is 0 Å². The van der Waals surface area contributed by atoms with Gasteiger partial charge in [0.1, 0.15) is 0 Å². The number of methoxy groups -OCH3 is 4. The molecule has 28 heavy (non-hydrogen) atoms. The molecule has 0 saturated carbocycles. The van der Waals surface area contributed by atoms with Gasteiger partial charge in [-0.25, -0.2) is 0 Å². The summed E-state index contributed by atoms with van der Waals surface area (Å²) in [5.41, 5.74) is 4.81. The number of aliphatic hydroxyl groups is 1. The number of benzene rings is 2. The van der Waals surface area contributed by atoms with Gasteiger partial charge in [0.05, 0.1) is 41.1 Å². The van der Waals surface area contributed by atoms with Crippen molar-refractivity contribution < 1.29 is 24.1 Å². The van der Waals surface area contributed by atoms with Gasteiger partial charge in [-0.1, -0.05) is 0 Å². The van der Waals surface area contributed by atoms with Crippen LogP contribution in [0, 0.1) is 0 Å². The Balaban J connectivity index is 1.82. The van der Waals surface area contributed by atoms with Crippen molar-refractivity contribution in [2.24, 2.45) is 0 Å². The molecule has 6 heteroatoms. The average molecular weight is 385 g/mol. The number of rotatable bonds is 5. The molecule has 150 valence electrons. The van der Waals surface area contributed by atoms with E-state index in [1.54, 1.807) is 28.4 Å². The maximum atomic E-state index is 10.2. The van der Waals surface area contributed by atoms with Gasteiger partial charge < -0.3 is 24.1 Å². The van der Waals surface area contributed by atoms with Crippen LogP contribution in [0.2, 0.25) is 0 Å². The van der Waals surface area contributed by atoms with Gasteiger partial charge in [-0.3, -0.25) is 4.90 Å². The van der Waals surface area contributed by atoms with Crippen molar-refractivity contribution in [3.05, 3.63) is 46.5 Å². The molecular formula is C22H27NO5. The minimum Gasteiger partial charge on any atom is -0.493 e. The molecule has 2 aliphatic rings. The van der Waals surface area contributed by atoms with Gasteiger partial charge in [-0.05, 0) is 59.4 Å². The molecule has 0 fully saturated rings. The summed E-state index contributed by atoms with van der Waals surface area (Å²) in [6.45, 7) is 0.938. The van der Waals surface area contributed by atoms with Crippen LogP contribution in [0.3, 0.4) is 0 Å². The molecule has 1 N–H and O–H groups in total. The first-order valence-electron chi connectivity index (χ1n) is 9.51. The smallest absolute Gasteiger partial charge is 0.161 e. The maximum Gasteiger partial charge on any atom is 0.161 e. The third-order valence-corrected chi connectivity index (χ3v) is 6.03. The molecule has 0 aliphatic carbocycles. The first-order chi connectivity index (χ1) is 13.6. The number of ether oxygens (including phenoxy) is 4. The van der Waals surface area contributed by atoms with Crippen LogP contribution in [-0.4, -0.2) is 51.6 Å². The van der Waals surface area contributed by atoms with Crippen LogP contribution in [0.1, 0.15) is 34.3 Å². The predicted octanol–water partition coefficient (Wildman–Crippen LogP) is 2.91. The van der Waals surface area contributed by atoms with Crippen LogP contribution in [0.25, 0.3) is 0 Å². The Morgan fingerprint density at radius 1 is 0.821 bits per heavy atom. The summed E-state index contributed by atoms with van der Waals surface area (Å²) in [6.07, 6.45) is 1.75. The molecule has 2 aliphatic heterocycles. The first-order valence-corrected chi connectivity index (χ1v) is 9.51. The van der Waals surface area contributed by atoms with E-state index in [4.69, 9.17) is 18.9 Å². The van der Waals surface area contributed by atoms with E-state index in [-0.39, 0.29) is 18.7 Å². The van der Waals surface area contributed by atoms with Gasteiger partial charge in [0.15, 0.2) is 23.0 Å². The third-order valence-electron chi connectivity index (χ3n) is 6.03. The van der Waals surface area contributed by atoms with Gasteiger partial charge in [0.25, 0.3) is 0 Å². The first kappa shape index (κ1) is 18.9. The van der Waals surface area contributed by atoms with Crippen LogP contribution in [0.5, 0.6) is 23.0 Å². The quantitative estimate of drug-likeness (QED) is 0.854. The minimum absolute atomic E-state index is 0.0571. The largest absolute Gasteiger partial charge is 0.493 e. The highest BCUT2D eigenvalue weighted by Crippen LogP contribution is 2.48. The lowest BCUT2D eigenvalue weighted by Crippen LogP contribution is -2.44. The average Bonchev–Trinajstić information content (AvgIpc) is 2.75. The maximum absolute atomic E-state index is 10.2. The SMILES string of the molecule is COc1cc2c(cc1OC)[C@@H](CO)N1CCc3cc(OC)c(OC)cc3[C@@H]1C2. The van der Waals surface area contributed by atoms with Crippen molar-refractivity contribution in [1.82, 2.24) is 4.90 Å². The molecule has 0 spiro atoms. The summed E-state index contributed by atoms with van der Waals surface area (Å²) in [6, 6.07) is 8.33. The zero-order valence-corrected chi connectivity index (χ0v) is 16.8. The Hall–Kier alpha value is -2.44. The minimum atomic E-state index is -0.0743. The Morgan fingerprint density at radius 2 is 1.36 bits per heavy atom. The van der Waals surface area contributed by atoms with E-state index < -0.39 is 0 Å². The summed E-state index contributed by atoms with van der Waals surface area (Å²) in [5.74, 6) is 2.91. The number of aliphatic hydroxyl groups excluding tert-OH is 1. The monoisotopic (exact) mass is 385 g/mol. The standard InChI is InChI=1S/C22H27NO5/c1-25-19-8-13-5-6-23-17(15(13)10-21(19)27-3)7-14-9-20(26-2)22(28-4)11-16(14)18(23)12-24/h8-11,17-18,24H,5-7,12H2,1-4H3/t17-,18+/m0/s1. The molecule has 0 aromatic heterocycles. The van der Waals surface area contributed by atoms with Crippen LogP contribution in [0.15, 0.2) is 24.3 Å². The van der Waals surface area contributed by atoms with E-state index >= 15 is 0 Å². The van der Waals surface area contributed by atoms with E-state index in [0.29, 0.717) is 5.75 Å². The molecule has 0 radical (unpaired) electrons. The van der Waals surface area contributed by atoms with Crippen LogP contribution in [0.4, 0.5) is 0 Å². The van der Waals surface area contributed by atoms with Crippen molar-refractivity contribution in [3.63, 3.8) is 0 Å². The lowest BCUT2D eigenvalue weighted by atomic mass is 9.80. The Bertz CT molecular complexity index is 882. The molecule has 0 bridgehead atoms. The second-order valence-corrected chi connectivity index (χ2v) is 7.22. The molecule has 4 rings (SSSR count). The molecule has 0 saturated heterocycles. The second-order valence-electron chi connectivity index (χ2n) is 7.22. The summed E-state index contributed by atoms with van der Waals surface area (Å²) in [7, 11) is 6.61. The molecule has 0 unspecified atom stereocenters. The molecule has 2 heterocycles. The fraction of sp³-hybridized carbons (Fsp3) is 0.455. The molecule has 6 nitrogen and oxygen atoms in total. The predicted molar refractivity (Wildman–Crippen MR) is 106 cm³/mol. The summed E-state index contributed by atoms with van der Waals surface area (Å²) in [5, 5.41) is 10.2. The van der Waals surface area contributed by atoms with Crippen molar-refractivity contribution in [2.75, 3.05) is 41.6 Å². The number of nitrogens with zero attached hydrogens (tertiary/aromatic N) is 1. The fourth-order valence-corrected chi connectivity index (χ4v) is 4.66. The molecule has 2 aromatic rings. The second kappa shape index (κ2) is 7.53. The van der Waals surface area contributed by atoms with Crippen molar-refractivity contribution in [3.8, 4) is 23.0 Å². The third kappa shape index (κ3) is 2.88. The lowest BCUT2D eigenvalue weighted by molar-refractivity contribution is 0.0625. The highest BCUT2D eigenvalue weighted by atomic mass is 16.5. The Labute approximate surface area is 165 Å². The van der Waals surface area contributed by atoms with Gasteiger partial charge in [-0.15, -0.1) is 0 Å². The zero-order chi connectivity index (χ0) is 19.8. The van der Waals surface area contributed by atoms with E-state index in [1.807, 2.05) is 12.1 Å². The highest BCUT2D eigenvalue weighted by molar-refractivity contribution is 5.53. The Kier molecular flexibility index (Phi) is 5.08. The summed E-state index contributed by atoms with van der Waals surface area (Å²) in [4.78, 5) is 2.39. The van der Waals surface area contributed by atoms with Gasteiger partial charge in [0, 0.05) is 12.6 Å². The molecule has 0 amide bonds.